The molecule has 0 atom stereocenters. The zero-order valence-electron chi connectivity index (χ0n) is 23.2. The largest absolute Gasteiger partial charge is 0.357 e. The van der Waals surface area contributed by atoms with Gasteiger partial charge in [0.15, 0.2) is 0 Å². The summed E-state index contributed by atoms with van der Waals surface area (Å²) in [5.41, 5.74) is 3.73. The molecule has 1 fully saturated rings. The Balaban J connectivity index is 1.37. The minimum atomic E-state index is -0.167. The first-order valence-electron chi connectivity index (χ1n) is 13.8. The van der Waals surface area contributed by atoms with Crippen molar-refractivity contribution >= 4 is 11.9 Å². The van der Waals surface area contributed by atoms with Crippen molar-refractivity contribution in [2.24, 2.45) is 0 Å². The molecule has 0 aliphatic heterocycles. The Bertz CT molecular complexity index is 1320. The molecule has 3 N–H and O–H groups in total. The van der Waals surface area contributed by atoms with Gasteiger partial charge in [0.25, 0.3) is 0 Å². The summed E-state index contributed by atoms with van der Waals surface area (Å²) < 4.78 is 0. The van der Waals surface area contributed by atoms with Crippen molar-refractivity contribution in [3.8, 4) is 0 Å². The van der Waals surface area contributed by atoms with E-state index in [4.69, 9.17) is 4.98 Å². The van der Waals surface area contributed by atoms with Gasteiger partial charge < -0.3 is 16.0 Å². The number of anilines is 2. The molecular weight excluding hydrogens is 482 g/mol. The van der Waals surface area contributed by atoms with Crippen molar-refractivity contribution in [1.82, 2.24) is 25.2 Å². The highest BCUT2D eigenvalue weighted by molar-refractivity contribution is 5.36. The quantitative estimate of drug-likeness (QED) is 0.253. The SMILES string of the molecule is CNc1nc(CNC2(c3ccccc3)CCC(c3ccccc3)(N(C)C)CC2)nc(NCc2ccccc2)n1. The highest BCUT2D eigenvalue weighted by Gasteiger charge is 2.45. The van der Waals surface area contributed by atoms with E-state index in [-0.39, 0.29) is 11.1 Å². The van der Waals surface area contributed by atoms with E-state index in [2.05, 4.69) is 118 Å². The Morgan fingerprint density at radius 2 is 1.23 bits per heavy atom. The summed E-state index contributed by atoms with van der Waals surface area (Å²) in [6.07, 6.45) is 4.11. The molecule has 4 aromatic rings. The summed E-state index contributed by atoms with van der Waals surface area (Å²) >= 11 is 0. The van der Waals surface area contributed by atoms with Crippen LogP contribution in [-0.4, -0.2) is 41.0 Å². The third-order valence-corrected chi connectivity index (χ3v) is 8.21. The van der Waals surface area contributed by atoms with Crippen LogP contribution in [0.1, 0.15) is 48.2 Å². The fraction of sp³-hybridized carbons (Fsp3) is 0.344. The average Bonchev–Trinajstić information content (AvgIpc) is 3.00. The minimum Gasteiger partial charge on any atom is -0.357 e. The lowest BCUT2D eigenvalue weighted by atomic mass is 9.66. The standard InChI is InChI=1S/C32H39N7/c1-33-29-36-28(37-30(38-29)34-23-25-13-7-4-8-14-25)24-35-31(26-15-9-5-10-16-26)19-21-32(22-20-31,39(2)3)27-17-11-6-12-18-27/h4-18,35H,19-24H2,1-3H3,(H2,33,34,36,37,38). The van der Waals surface area contributed by atoms with Gasteiger partial charge in [0.2, 0.25) is 11.9 Å². The Morgan fingerprint density at radius 1 is 0.667 bits per heavy atom. The van der Waals surface area contributed by atoms with Crippen LogP contribution in [0.3, 0.4) is 0 Å². The maximum atomic E-state index is 4.77. The Hall–Kier alpha value is -3.81. The number of nitrogens with one attached hydrogen (secondary N) is 3. The summed E-state index contributed by atoms with van der Waals surface area (Å²) in [6, 6.07) is 32.1. The van der Waals surface area contributed by atoms with E-state index >= 15 is 0 Å². The second kappa shape index (κ2) is 11.9. The first kappa shape index (κ1) is 26.8. The van der Waals surface area contributed by atoms with E-state index in [9.17, 15) is 0 Å². The molecule has 5 rings (SSSR count). The highest BCUT2D eigenvalue weighted by Crippen LogP contribution is 2.48. The molecule has 0 spiro atoms. The number of hydrogen-bond donors (Lipinski definition) is 3. The predicted octanol–water partition coefficient (Wildman–Crippen LogP) is 5.54. The van der Waals surface area contributed by atoms with Gasteiger partial charge in [0.1, 0.15) is 5.82 Å². The summed E-state index contributed by atoms with van der Waals surface area (Å²) in [5, 5.41) is 10.4. The Morgan fingerprint density at radius 3 is 1.82 bits per heavy atom. The third-order valence-electron chi connectivity index (χ3n) is 8.21. The van der Waals surface area contributed by atoms with Gasteiger partial charge in [-0.1, -0.05) is 91.0 Å². The zero-order chi connectivity index (χ0) is 27.1. The van der Waals surface area contributed by atoms with Crippen LogP contribution in [0.2, 0.25) is 0 Å². The lowest BCUT2D eigenvalue weighted by Crippen LogP contribution is -2.52. The highest BCUT2D eigenvalue weighted by atomic mass is 15.2. The molecule has 0 amide bonds. The molecule has 0 saturated heterocycles. The van der Waals surface area contributed by atoms with Crippen molar-refractivity contribution in [1.29, 1.82) is 0 Å². The van der Waals surface area contributed by atoms with Crippen molar-refractivity contribution in [3.63, 3.8) is 0 Å². The molecule has 0 radical (unpaired) electrons. The summed E-state index contributed by atoms with van der Waals surface area (Å²) in [4.78, 5) is 16.4. The number of nitrogens with zero attached hydrogens (tertiary/aromatic N) is 4. The van der Waals surface area contributed by atoms with Crippen LogP contribution in [0, 0.1) is 0 Å². The predicted molar refractivity (Wildman–Crippen MR) is 158 cm³/mol. The molecule has 1 aliphatic rings. The summed E-state index contributed by atoms with van der Waals surface area (Å²) in [5.74, 6) is 1.85. The van der Waals surface area contributed by atoms with Gasteiger partial charge in [-0.15, -0.1) is 0 Å². The van der Waals surface area contributed by atoms with Crippen molar-refractivity contribution in [2.75, 3.05) is 31.8 Å². The molecule has 3 aromatic carbocycles. The van der Waals surface area contributed by atoms with E-state index in [0.717, 1.165) is 25.7 Å². The van der Waals surface area contributed by atoms with E-state index in [1.807, 2.05) is 25.2 Å². The molecule has 0 unspecified atom stereocenters. The van der Waals surface area contributed by atoms with Crippen molar-refractivity contribution in [2.45, 2.75) is 49.9 Å². The average molecular weight is 522 g/mol. The normalized spacial score (nSPS) is 21.0. The first-order valence-corrected chi connectivity index (χ1v) is 13.8. The fourth-order valence-corrected chi connectivity index (χ4v) is 5.87. The summed E-state index contributed by atoms with van der Waals surface area (Å²) in [7, 11) is 6.26. The molecule has 1 aliphatic carbocycles. The second-order valence-electron chi connectivity index (χ2n) is 10.6. The number of hydrogen-bond acceptors (Lipinski definition) is 7. The molecule has 7 nitrogen and oxygen atoms in total. The van der Waals surface area contributed by atoms with Gasteiger partial charge in [-0.25, -0.2) is 0 Å². The van der Waals surface area contributed by atoms with Crippen LogP contribution in [0.4, 0.5) is 11.9 Å². The second-order valence-corrected chi connectivity index (χ2v) is 10.6. The van der Waals surface area contributed by atoms with Crippen LogP contribution in [0.5, 0.6) is 0 Å². The van der Waals surface area contributed by atoms with Crippen LogP contribution >= 0.6 is 0 Å². The smallest absolute Gasteiger partial charge is 0.228 e. The van der Waals surface area contributed by atoms with E-state index in [1.54, 1.807) is 0 Å². The maximum Gasteiger partial charge on any atom is 0.228 e. The van der Waals surface area contributed by atoms with Crippen molar-refractivity contribution < 1.29 is 0 Å². The van der Waals surface area contributed by atoms with Gasteiger partial charge in [0.05, 0.1) is 6.54 Å². The van der Waals surface area contributed by atoms with Gasteiger partial charge in [0, 0.05) is 24.7 Å². The third kappa shape index (κ3) is 5.95. The topological polar surface area (TPSA) is 78.0 Å². The van der Waals surface area contributed by atoms with Crippen LogP contribution < -0.4 is 16.0 Å². The molecule has 202 valence electrons. The van der Waals surface area contributed by atoms with E-state index in [0.29, 0.717) is 30.8 Å². The van der Waals surface area contributed by atoms with E-state index < -0.39 is 0 Å². The molecule has 1 aromatic heterocycles. The number of benzene rings is 3. The lowest BCUT2D eigenvalue weighted by Gasteiger charge is -2.50. The van der Waals surface area contributed by atoms with Crippen LogP contribution in [0.25, 0.3) is 0 Å². The first-order chi connectivity index (χ1) is 19.0. The number of rotatable bonds is 10. The van der Waals surface area contributed by atoms with Gasteiger partial charge in [-0.3, -0.25) is 4.90 Å². The Kier molecular flexibility index (Phi) is 8.19. The molecule has 1 saturated carbocycles. The molecule has 39 heavy (non-hydrogen) atoms. The van der Waals surface area contributed by atoms with Crippen molar-refractivity contribution in [3.05, 3.63) is 114 Å². The van der Waals surface area contributed by atoms with Gasteiger partial charge in [-0.2, -0.15) is 15.0 Å². The van der Waals surface area contributed by atoms with Crippen LogP contribution in [0.15, 0.2) is 91.0 Å². The lowest BCUT2D eigenvalue weighted by molar-refractivity contribution is 0.0521. The molecule has 0 bridgehead atoms. The van der Waals surface area contributed by atoms with E-state index in [1.165, 1.54) is 16.7 Å². The van der Waals surface area contributed by atoms with Gasteiger partial charge >= 0.3 is 0 Å². The van der Waals surface area contributed by atoms with Crippen LogP contribution in [-0.2, 0) is 24.2 Å². The molecule has 7 heteroatoms. The minimum absolute atomic E-state index is 0.0161. The molecule has 1 heterocycles. The summed E-state index contributed by atoms with van der Waals surface area (Å²) in [6.45, 7) is 1.20. The fourth-order valence-electron chi connectivity index (χ4n) is 5.87. The molecular formula is C32H39N7. The number of aromatic nitrogens is 3. The monoisotopic (exact) mass is 521 g/mol. The zero-order valence-corrected chi connectivity index (χ0v) is 23.2. The Labute approximate surface area is 232 Å². The maximum absolute atomic E-state index is 4.77. The van der Waals surface area contributed by atoms with Gasteiger partial charge in [-0.05, 0) is 56.5 Å².